The van der Waals surface area contributed by atoms with Crippen LogP contribution >= 0.6 is 0 Å². The molecule has 11 heteroatoms. The summed E-state index contributed by atoms with van der Waals surface area (Å²) in [5, 5.41) is 20.7. The Hall–Kier alpha value is -5.71. The van der Waals surface area contributed by atoms with Gasteiger partial charge in [-0.2, -0.15) is 0 Å². The summed E-state index contributed by atoms with van der Waals surface area (Å²) < 4.78 is 5.43. The van der Waals surface area contributed by atoms with E-state index in [4.69, 9.17) is 4.74 Å². The summed E-state index contributed by atoms with van der Waals surface area (Å²) in [5.74, 6) is -1.17. The Kier molecular flexibility index (Phi) is 10.6. The number of nitrogens with zero attached hydrogens (tertiary/aromatic N) is 1. The first kappa shape index (κ1) is 31.2. The number of nitrogens with one attached hydrogen (secondary N) is 4. The average Bonchev–Trinajstić information content (AvgIpc) is 3.02. The number of carbonyl (C=O) groups excluding carboxylic acids is 3. The highest BCUT2D eigenvalue weighted by molar-refractivity contribution is 6.01. The molecule has 0 radical (unpaired) electrons. The maximum absolute atomic E-state index is 12.7. The van der Waals surface area contributed by atoms with Crippen LogP contribution in [0.1, 0.15) is 39.6 Å². The summed E-state index contributed by atoms with van der Waals surface area (Å²) in [6.45, 7) is 1.92. The summed E-state index contributed by atoms with van der Waals surface area (Å²) in [7, 11) is 1.48. The molecule has 0 saturated carbocycles. The molecule has 0 saturated heterocycles. The average molecular weight is 596 g/mol. The number of rotatable bonds is 13. The molecule has 1 atom stereocenters. The first-order valence-electron chi connectivity index (χ1n) is 13.8. The fraction of sp³-hybridized carbons (Fsp3) is 0.182. The summed E-state index contributed by atoms with van der Waals surface area (Å²) in [5.41, 5.74) is 4.13. The standard InChI is InChI=1S/C33H33N5O6/c1-21-8-6-7-11-26(21)37-33(43)38-28-14-12-22(17-30(28)44-2)16-25(39)20-34-24-13-15-27(35-19-24)29(18-31(40)41)36-32(42)23-9-4-3-5-10-23/h3-15,17,19,29,34H,16,18,20H2,1-2H3,(H,36,42)(H,40,41)(H2,37,38,43). The molecule has 1 aromatic heterocycles. The zero-order valence-corrected chi connectivity index (χ0v) is 24.3. The molecular weight excluding hydrogens is 562 g/mol. The van der Waals surface area contributed by atoms with Gasteiger partial charge in [0.1, 0.15) is 5.75 Å². The number of Topliss-reactive ketones (excluding diaryl/α,β-unsaturated/α-hetero) is 1. The van der Waals surface area contributed by atoms with E-state index in [1.165, 1.54) is 13.3 Å². The van der Waals surface area contributed by atoms with Crippen molar-refractivity contribution in [3.8, 4) is 5.75 Å². The molecule has 11 nitrogen and oxygen atoms in total. The minimum Gasteiger partial charge on any atom is -0.495 e. The molecule has 0 fully saturated rings. The molecule has 226 valence electrons. The quantitative estimate of drug-likeness (QED) is 0.141. The highest BCUT2D eigenvalue weighted by Gasteiger charge is 2.20. The zero-order valence-electron chi connectivity index (χ0n) is 24.3. The van der Waals surface area contributed by atoms with Gasteiger partial charge in [-0.1, -0.05) is 42.5 Å². The lowest BCUT2D eigenvalue weighted by atomic mass is 10.1. The van der Waals surface area contributed by atoms with Crippen LogP contribution in [-0.2, 0) is 16.0 Å². The van der Waals surface area contributed by atoms with E-state index in [2.05, 4.69) is 26.3 Å². The molecule has 3 aromatic carbocycles. The zero-order chi connectivity index (χ0) is 31.5. The van der Waals surface area contributed by atoms with E-state index in [-0.39, 0.29) is 25.2 Å². The van der Waals surface area contributed by atoms with E-state index in [1.807, 2.05) is 31.2 Å². The molecule has 0 bridgehead atoms. The molecule has 1 heterocycles. The smallest absolute Gasteiger partial charge is 0.323 e. The van der Waals surface area contributed by atoms with Crippen molar-refractivity contribution in [1.82, 2.24) is 10.3 Å². The maximum atomic E-state index is 12.7. The lowest BCUT2D eigenvalue weighted by molar-refractivity contribution is -0.137. The van der Waals surface area contributed by atoms with Crippen molar-refractivity contribution in [2.45, 2.75) is 25.8 Å². The van der Waals surface area contributed by atoms with Crippen molar-refractivity contribution < 1.29 is 29.0 Å². The number of urea groups is 1. The monoisotopic (exact) mass is 595 g/mol. The fourth-order valence-electron chi connectivity index (χ4n) is 4.38. The first-order valence-corrected chi connectivity index (χ1v) is 13.8. The number of aryl methyl sites for hydroxylation is 1. The number of para-hydroxylation sites is 1. The Bertz CT molecular complexity index is 1630. The summed E-state index contributed by atoms with van der Waals surface area (Å²) in [4.78, 5) is 53.5. The number of carboxylic acids is 1. The number of anilines is 3. The van der Waals surface area contributed by atoms with Crippen molar-refractivity contribution in [2.24, 2.45) is 0 Å². The van der Waals surface area contributed by atoms with Gasteiger partial charge in [-0.3, -0.25) is 19.4 Å². The van der Waals surface area contributed by atoms with Gasteiger partial charge in [-0.15, -0.1) is 0 Å². The number of ketones is 1. The third-order valence-electron chi connectivity index (χ3n) is 6.66. The Morgan fingerprint density at radius 1 is 0.886 bits per heavy atom. The van der Waals surface area contributed by atoms with Crippen LogP contribution in [0.5, 0.6) is 5.75 Å². The number of ether oxygens (including phenoxy) is 1. The summed E-state index contributed by atoms with van der Waals surface area (Å²) in [6.07, 6.45) is 1.26. The van der Waals surface area contributed by atoms with Gasteiger partial charge in [-0.25, -0.2) is 4.79 Å². The Labute approximate surface area is 254 Å². The minimum absolute atomic E-state index is 0.0193. The van der Waals surface area contributed by atoms with Crippen molar-refractivity contribution in [3.63, 3.8) is 0 Å². The highest BCUT2D eigenvalue weighted by Crippen LogP contribution is 2.26. The molecule has 44 heavy (non-hydrogen) atoms. The first-order chi connectivity index (χ1) is 21.2. The molecular formula is C33H33N5O6. The fourth-order valence-corrected chi connectivity index (χ4v) is 4.38. The summed E-state index contributed by atoms with van der Waals surface area (Å²) in [6, 6.07) is 23.1. The summed E-state index contributed by atoms with van der Waals surface area (Å²) >= 11 is 0. The largest absolute Gasteiger partial charge is 0.495 e. The minimum atomic E-state index is -1.08. The van der Waals surface area contributed by atoms with Gasteiger partial charge >= 0.3 is 12.0 Å². The van der Waals surface area contributed by atoms with E-state index >= 15 is 0 Å². The number of hydrogen-bond donors (Lipinski definition) is 5. The second kappa shape index (κ2) is 15.0. The Morgan fingerprint density at radius 3 is 2.30 bits per heavy atom. The second-order valence-electron chi connectivity index (χ2n) is 9.96. The van der Waals surface area contributed by atoms with Crippen LogP contribution in [0.4, 0.5) is 21.9 Å². The Balaban J connectivity index is 1.31. The van der Waals surface area contributed by atoms with Gasteiger partial charge < -0.3 is 31.1 Å². The Morgan fingerprint density at radius 2 is 1.61 bits per heavy atom. The second-order valence-corrected chi connectivity index (χ2v) is 9.96. The van der Waals surface area contributed by atoms with E-state index in [0.717, 1.165) is 5.56 Å². The van der Waals surface area contributed by atoms with E-state index in [0.29, 0.717) is 39.6 Å². The number of pyridine rings is 1. The third-order valence-corrected chi connectivity index (χ3v) is 6.66. The molecule has 0 aliphatic carbocycles. The lowest BCUT2D eigenvalue weighted by Crippen LogP contribution is -2.30. The normalized spacial score (nSPS) is 11.1. The molecule has 0 aliphatic heterocycles. The lowest BCUT2D eigenvalue weighted by Gasteiger charge is -2.17. The van der Waals surface area contributed by atoms with E-state index < -0.39 is 23.9 Å². The molecule has 3 amide bonds. The van der Waals surface area contributed by atoms with Gasteiger partial charge in [0, 0.05) is 17.7 Å². The van der Waals surface area contributed by atoms with Crippen LogP contribution < -0.4 is 26.0 Å². The number of amides is 3. The predicted molar refractivity (Wildman–Crippen MR) is 167 cm³/mol. The third kappa shape index (κ3) is 8.89. The maximum Gasteiger partial charge on any atom is 0.323 e. The van der Waals surface area contributed by atoms with Gasteiger partial charge in [0.2, 0.25) is 0 Å². The van der Waals surface area contributed by atoms with Gasteiger partial charge in [0.05, 0.1) is 49.4 Å². The van der Waals surface area contributed by atoms with Crippen LogP contribution in [0, 0.1) is 6.92 Å². The van der Waals surface area contributed by atoms with E-state index in [9.17, 15) is 24.3 Å². The molecule has 0 spiro atoms. The molecule has 4 rings (SSSR count). The number of aromatic nitrogens is 1. The number of carboxylic acid groups (broad SMARTS) is 1. The van der Waals surface area contributed by atoms with Crippen molar-refractivity contribution in [1.29, 1.82) is 0 Å². The molecule has 5 N–H and O–H groups in total. The van der Waals surface area contributed by atoms with Crippen LogP contribution in [0.3, 0.4) is 0 Å². The van der Waals surface area contributed by atoms with Gasteiger partial charge in [0.25, 0.3) is 5.91 Å². The number of hydrogen-bond acceptors (Lipinski definition) is 7. The highest BCUT2D eigenvalue weighted by atomic mass is 16.5. The molecule has 4 aromatic rings. The van der Waals surface area contributed by atoms with Crippen LogP contribution in [0.25, 0.3) is 0 Å². The van der Waals surface area contributed by atoms with Crippen LogP contribution in [0.2, 0.25) is 0 Å². The van der Waals surface area contributed by atoms with Crippen molar-refractivity contribution in [2.75, 3.05) is 29.6 Å². The number of aliphatic carboxylic acids is 1. The van der Waals surface area contributed by atoms with Crippen LogP contribution in [0.15, 0.2) is 91.1 Å². The van der Waals surface area contributed by atoms with Gasteiger partial charge in [0.15, 0.2) is 5.78 Å². The number of benzene rings is 3. The number of carbonyl (C=O) groups is 4. The topological polar surface area (TPSA) is 159 Å². The van der Waals surface area contributed by atoms with Crippen LogP contribution in [-0.4, -0.2) is 47.4 Å². The predicted octanol–water partition coefficient (Wildman–Crippen LogP) is 5.21. The SMILES string of the molecule is COc1cc(CC(=O)CNc2ccc(C(CC(=O)O)NC(=O)c3ccccc3)nc2)ccc1NC(=O)Nc1ccccc1C. The van der Waals surface area contributed by atoms with E-state index in [1.54, 1.807) is 60.7 Å². The molecule has 1 unspecified atom stereocenters. The van der Waals surface area contributed by atoms with Crippen molar-refractivity contribution in [3.05, 3.63) is 114 Å². The molecule has 0 aliphatic rings. The van der Waals surface area contributed by atoms with Gasteiger partial charge in [-0.05, 0) is 60.5 Å². The van der Waals surface area contributed by atoms with Crippen molar-refractivity contribution >= 4 is 40.8 Å². The number of methoxy groups -OCH3 is 1.